The molecule has 0 aromatic carbocycles. The molecule has 0 aromatic heterocycles. The van der Waals surface area contributed by atoms with Crippen LogP contribution in [0, 0.1) is 35.5 Å². The maximum Gasteiger partial charge on any atom is -0.0139 e. The summed E-state index contributed by atoms with van der Waals surface area (Å²) in [6.45, 7) is 9.43. The van der Waals surface area contributed by atoms with E-state index < -0.39 is 0 Å². The SMILES string of the molecule is CCC1C=CCC(CC)C1C=CC1C(CC)C=CCC1CC. The Hall–Kier alpha value is -0.780. The molecule has 0 N–H and O–H groups in total. The molecule has 0 spiro atoms. The second kappa shape index (κ2) is 8.75. The average Bonchev–Trinajstić information content (AvgIpc) is 2.58. The Morgan fingerprint density at radius 1 is 0.682 bits per heavy atom. The molecule has 0 heterocycles. The summed E-state index contributed by atoms with van der Waals surface area (Å²) >= 11 is 0. The Morgan fingerprint density at radius 2 is 1.09 bits per heavy atom. The summed E-state index contributed by atoms with van der Waals surface area (Å²) < 4.78 is 0. The van der Waals surface area contributed by atoms with Crippen LogP contribution in [0.25, 0.3) is 0 Å². The Bertz CT molecular complexity index is 362. The molecule has 0 aromatic rings. The molecular formula is C22H36. The third-order valence-corrected chi connectivity index (χ3v) is 6.27. The van der Waals surface area contributed by atoms with Crippen LogP contribution in [0.4, 0.5) is 0 Å². The van der Waals surface area contributed by atoms with Crippen LogP contribution < -0.4 is 0 Å². The highest BCUT2D eigenvalue weighted by atomic mass is 14.3. The lowest BCUT2D eigenvalue weighted by Gasteiger charge is -2.35. The molecule has 0 saturated heterocycles. The molecule has 124 valence electrons. The highest BCUT2D eigenvalue weighted by Crippen LogP contribution is 2.39. The van der Waals surface area contributed by atoms with Gasteiger partial charge in [0, 0.05) is 0 Å². The molecule has 0 saturated carbocycles. The monoisotopic (exact) mass is 300 g/mol. The van der Waals surface area contributed by atoms with E-state index in [2.05, 4.69) is 64.2 Å². The van der Waals surface area contributed by atoms with E-state index in [1.807, 2.05) is 0 Å². The van der Waals surface area contributed by atoms with Crippen molar-refractivity contribution >= 4 is 0 Å². The molecule has 0 fully saturated rings. The Kier molecular flexibility index (Phi) is 6.99. The number of hydrogen-bond acceptors (Lipinski definition) is 0. The number of allylic oxidation sites excluding steroid dienone is 6. The van der Waals surface area contributed by atoms with E-state index >= 15 is 0 Å². The Morgan fingerprint density at radius 3 is 1.41 bits per heavy atom. The van der Waals surface area contributed by atoms with Crippen molar-refractivity contribution in [3.63, 3.8) is 0 Å². The summed E-state index contributed by atoms with van der Waals surface area (Å²) in [6.07, 6.45) is 22.8. The van der Waals surface area contributed by atoms with Gasteiger partial charge in [-0.2, -0.15) is 0 Å². The van der Waals surface area contributed by atoms with E-state index in [1.54, 1.807) is 0 Å². The fourth-order valence-electron chi connectivity index (χ4n) is 4.68. The quantitative estimate of drug-likeness (QED) is 0.473. The van der Waals surface area contributed by atoms with Gasteiger partial charge in [0.1, 0.15) is 0 Å². The molecule has 2 aliphatic rings. The van der Waals surface area contributed by atoms with Crippen molar-refractivity contribution in [1.29, 1.82) is 0 Å². The summed E-state index contributed by atoms with van der Waals surface area (Å²) in [6, 6.07) is 0. The summed E-state index contributed by atoms with van der Waals surface area (Å²) in [5.41, 5.74) is 0. The molecule has 0 nitrogen and oxygen atoms in total. The van der Waals surface area contributed by atoms with Crippen LogP contribution in [-0.2, 0) is 0 Å². The van der Waals surface area contributed by atoms with Gasteiger partial charge in [0.15, 0.2) is 0 Å². The first-order valence-electron chi connectivity index (χ1n) is 9.76. The zero-order valence-electron chi connectivity index (χ0n) is 15.2. The molecule has 0 amide bonds. The van der Waals surface area contributed by atoms with Gasteiger partial charge >= 0.3 is 0 Å². The van der Waals surface area contributed by atoms with Gasteiger partial charge in [0.05, 0.1) is 0 Å². The van der Waals surface area contributed by atoms with Crippen molar-refractivity contribution in [3.05, 3.63) is 36.5 Å². The van der Waals surface area contributed by atoms with Crippen LogP contribution in [0.15, 0.2) is 36.5 Å². The maximum atomic E-state index is 2.63. The minimum Gasteiger partial charge on any atom is -0.0879 e. The molecule has 0 bridgehead atoms. The fourth-order valence-corrected chi connectivity index (χ4v) is 4.68. The molecule has 6 atom stereocenters. The summed E-state index contributed by atoms with van der Waals surface area (Å²) in [7, 11) is 0. The van der Waals surface area contributed by atoms with Gasteiger partial charge < -0.3 is 0 Å². The predicted molar refractivity (Wildman–Crippen MR) is 98.8 cm³/mol. The van der Waals surface area contributed by atoms with Crippen molar-refractivity contribution in [2.45, 2.75) is 66.2 Å². The first-order valence-corrected chi connectivity index (χ1v) is 9.76. The number of rotatable bonds is 6. The molecule has 2 rings (SSSR count). The highest BCUT2D eigenvalue weighted by molar-refractivity contribution is 5.11. The lowest BCUT2D eigenvalue weighted by atomic mass is 9.70. The minimum atomic E-state index is 0.759. The lowest BCUT2D eigenvalue weighted by molar-refractivity contribution is 0.272. The molecule has 2 aliphatic carbocycles. The van der Waals surface area contributed by atoms with E-state index in [0.29, 0.717) is 0 Å². The normalized spacial score (nSPS) is 38.7. The van der Waals surface area contributed by atoms with Crippen molar-refractivity contribution in [2.24, 2.45) is 35.5 Å². The van der Waals surface area contributed by atoms with Crippen molar-refractivity contribution in [2.75, 3.05) is 0 Å². The first-order chi connectivity index (χ1) is 10.7. The van der Waals surface area contributed by atoms with Gasteiger partial charge in [0.2, 0.25) is 0 Å². The first kappa shape index (κ1) is 17.6. The molecule has 22 heavy (non-hydrogen) atoms. The largest absolute Gasteiger partial charge is 0.0879 e. The average molecular weight is 301 g/mol. The van der Waals surface area contributed by atoms with Crippen LogP contribution in [-0.4, -0.2) is 0 Å². The molecule has 6 unspecified atom stereocenters. The fraction of sp³-hybridized carbons (Fsp3) is 0.727. The Balaban J connectivity index is 2.16. The van der Waals surface area contributed by atoms with Gasteiger partial charge in [-0.25, -0.2) is 0 Å². The van der Waals surface area contributed by atoms with Gasteiger partial charge in [-0.15, -0.1) is 0 Å². The van der Waals surface area contributed by atoms with Crippen LogP contribution >= 0.6 is 0 Å². The third kappa shape index (κ3) is 3.94. The van der Waals surface area contributed by atoms with Crippen molar-refractivity contribution in [3.8, 4) is 0 Å². The van der Waals surface area contributed by atoms with E-state index in [4.69, 9.17) is 0 Å². The Labute approximate surface area is 138 Å². The molecule has 0 radical (unpaired) electrons. The van der Waals surface area contributed by atoms with Gasteiger partial charge in [-0.3, -0.25) is 0 Å². The maximum absolute atomic E-state index is 2.63. The zero-order chi connectivity index (χ0) is 15.9. The van der Waals surface area contributed by atoms with Gasteiger partial charge in [0.25, 0.3) is 0 Å². The highest BCUT2D eigenvalue weighted by Gasteiger charge is 2.29. The van der Waals surface area contributed by atoms with Crippen LogP contribution in [0.1, 0.15) is 66.2 Å². The second-order valence-corrected chi connectivity index (χ2v) is 7.35. The molecular weight excluding hydrogens is 264 g/mol. The zero-order valence-corrected chi connectivity index (χ0v) is 15.2. The van der Waals surface area contributed by atoms with E-state index in [-0.39, 0.29) is 0 Å². The number of hydrogen-bond donors (Lipinski definition) is 0. The molecule has 0 heteroatoms. The smallest absolute Gasteiger partial charge is 0.0139 e. The molecule has 0 aliphatic heterocycles. The van der Waals surface area contributed by atoms with Crippen LogP contribution in [0.2, 0.25) is 0 Å². The summed E-state index contributed by atoms with van der Waals surface area (Å²) in [4.78, 5) is 0. The third-order valence-electron chi connectivity index (χ3n) is 6.27. The van der Waals surface area contributed by atoms with E-state index in [0.717, 1.165) is 35.5 Å². The summed E-state index contributed by atoms with van der Waals surface area (Å²) in [5, 5.41) is 0. The standard InChI is InChI=1S/C22H36/c1-5-17-11-9-12-18(6-2)21(17)15-16-22-19(7-3)13-10-14-20(22)8-4/h9-11,13,15-22H,5-8,12,14H2,1-4H3. The van der Waals surface area contributed by atoms with Crippen molar-refractivity contribution < 1.29 is 0 Å². The van der Waals surface area contributed by atoms with Crippen molar-refractivity contribution in [1.82, 2.24) is 0 Å². The van der Waals surface area contributed by atoms with Gasteiger partial charge in [-0.1, -0.05) is 77.0 Å². The van der Waals surface area contributed by atoms with Crippen LogP contribution in [0.3, 0.4) is 0 Å². The van der Waals surface area contributed by atoms with E-state index in [9.17, 15) is 0 Å². The summed E-state index contributed by atoms with van der Waals surface area (Å²) in [5.74, 6) is 4.75. The lowest BCUT2D eigenvalue weighted by Crippen LogP contribution is -2.26. The minimum absolute atomic E-state index is 0.759. The second-order valence-electron chi connectivity index (χ2n) is 7.35. The van der Waals surface area contributed by atoms with E-state index in [1.165, 1.54) is 38.5 Å². The van der Waals surface area contributed by atoms with Gasteiger partial charge in [-0.05, 0) is 61.2 Å². The topological polar surface area (TPSA) is 0 Å². The van der Waals surface area contributed by atoms with Crippen LogP contribution in [0.5, 0.6) is 0 Å². The predicted octanol–water partition coefficient (Wildman–Crippen LogP) is 6.80.